The van der Waals surface area contributed by atoms with Crippen LogP contribution < -0.4 is 0 Å². The summed E-state index contributed by atoms with van der Waals surface area (Å²) in [6.45, 7) is 8.84. The Kier molecular flexibility index (Phi) is 3.53. The highest BCUT2D eigenvalue weighted by Gasteiger charge is 2.23. The molecule has 1 heterocycles. The second kappa shape index (κ2) is 4.94. The molecule has 3 nitrogen and oxygen atoms in total. The van der Waals surface area contributed by atoms with Crippen molar-refractivity contribution in [2.45, 2.75) is 26.8 Å². The van der Waals surface area contributed by atoms with Gasteiger partial charge in [0.1, 0.15) is 0 Å². The summed E-state index contributed by atoms with van der Waals surface area (Å²) in [7, 11) is 0. The molecular formula is C15H20N2O. The molecule has 1 atom stereocenters. The molecule has 0 fully saturated rings. The maximum absolute atomic E-state index is 9.48. The molecule has 0 saturated carbocycles. The minimum Gasteiger partial charge on any atom is -0.395 e. The van der Waals surface area contributed by atoms with Crippen LogP contribution in [0.25, 0.3) is 10.9 Å². The highest BCUT2D eigenvalue weighted by atomic mass is 16.3. The first-order chi connectivity index (χ1) is 8.63. The third-order valence-corrected chi connectivity index (χ3v) is 3.46. The van der Waals surface area contributed by atoms with Crippen molar-refractivity contribution in [3.05, 3.63) is 42.6 Å². The number of rotatable bonds is 5. The predicted octanol–water partition coefficient (Wildman–Crippen LogP) is 2.78. The van der Waals surface area contributed by atoms with Gasteiger partial charge in [-0.2, -0.15) is 5.10 Å². The fraction of sp³-hybridized carbons (Fsp3) is 0.400. The van der Waals surface area contributed by atoms with Crippen molar-refractivity contribution in [1.29, 1.82) is 0 Å². The first-order valence-corrected chi connectivity index (χ1v) is 6.32. The molecule has 3 heteroatoms. The molecule has 0 aliphatic rings. The molecule has 96 valence electrons. The van der Waals surface area contributed by atoms with Gasteiger partial charge < -0.3 is 5.11 Å². The van der Waals surface area contributed by atoms with Crippen LogP contribution >= 0.6 is 0 Å². The Morgan fingerprint density at radius 2 is 2.17 bits per heavy atom. The van der Waals surface area contributed by atoms with Crippen LogP contribution in [0.5, 0.6) is 0 Å². The first-order valence-electron chi connectivity index (χ1n) is 6.32. The maximum atomic E-state index is 9.48. The first kappa shape index (κ1) is 12.8. The van der Waals surface area contributed by atoms with E-state index in [4.69, 9.17) is 0 Å². The number of aliphatic hydroxyl groups excluding tert-OH is 1. The van der Waals surface area contributed by atoms with Gasteiger partial charge in [0.15, 0.2) is 0 Å². The van der Waals surface area contributed by atoms with Crippen molar-refractivity contribution in [2.75, 3.05) is 6.61 Å². The van der Waals surface area contributed by atoms with E-state index in [0.29, 0.717) is 6.42 Å². The number of para-hydroxylation sites is 1. The molecule has 2 rings (SSSR count). The zero-order chi connectivity index (χ0) is 13.2. The van der Waals surface area contributed by atoms with Gasteiger partial charge in [0, 0.05) is 23.8 Å². The van der Waals surface area contributed by atoms with E-state index in [-0.39, 0.29) is 12.0 Å². The minimum absolute atomic E-state index is 0.0871. The van der Waals surface area contributed by atoms with Gasteiger partial charge in [0.2, 0.25) is 0 Å². The Balaban J connectivity index is 2.48. The molecular weight excluding hydrogens is 224 g/mol. The molecule has 0 saturated heterocycles. The number of aromatic nitrogens is 2. The number of hydrogen-bond acceptors (Lipinski definition) is 2. The molecule has 2 aromatic rings. The average molecular weight is 244 g/mol. The van der Waals surface area contributed by atoms with Gasteiger partial charge in [-0.15, -0.1) is 6.58 Å². The van der Waals surface area contributed by atoms with Crippen LogP contribution in [0.15, 0.2) is 36.9 Å². The van der Waals surface area contributed by atoms with E-state index >= 15 is 0 Å². The normalized spacial score (nSPS) is 14.6. The Morgan fingerprint density at radius 1 is 1.44 bits per heavy atom. The SMILES string of the molecule is C=CC(C)(CO)Cc1nn(CC)c2ccccc12. The summed E-state index contributed by atoms with van der Waals surface area (Å²) in [5, 5.41) is 15.3. The summed E-state index contributed by atoms with van der Waals surface area (Å²) in [6, 6.07) is 8.22. The largest absolute Gasteiger partial charge is 0.395 e. The van der Waals surface area contributed by atoms with Crippen molar-refractivity contribution in [1.82, 2.24) is 9.78 Å². The lowest BCUT2D eigenvalue weighted by atomic mass is 9.86. The summed E-state index contributed by atoms with van der Waals surface area (Å²) in [4.78, 5) is 0. The number of benzene rings is 1. The van der Waals surface area contributed by atoms with Gasteiger partial charge in [-0.05, 0) is 13.0 Å². The van der Waals surface area contributed by atoms with Crippen LogP contribution in [0.4, 0.5) is 0 Å². The Morgan fingerprint density at radius 3 is 2.78 bits per heavy atom. The van der Waals surface area contributed by atoms with Gasteiger partial charge >= 0.3 is 0 Å². The van der Waals surface area contributed by atoms with Crippen LogP contribution in [-0.4, -0.2) is 21.5 Å². The van der Waals surface area contributed by atoms with E-state index in [2.05, 4.69) is 30.7 Å². The summed E-state index contributed by atoms with van der Waals surface area (Å²) < 4.78 is 2.01. The average Bonchev–Trinajstić information content (AvgIpc) is 2.77. The van der Waals surface area contributed by atoms with Crippen molar-refractivity contribution in [3.8, 4) is 0 Å². The third kappa shape index (κ3) is 2.18. The quantitative estimate of drug-likeness (QED) is 0.821. The molecule has 1 aromatic heterocycles. The van der Waals surface area contributed by atoms with Crippen molar-refractivity contribution in [3.63, 3.8) is 0 Å². The lowest BCUT2D eigenvalue weighted by molar-refractivity contribution is 0.183. The third-order valence-electron chi connectivity index (χ3n) is 3.46. The van der Waals surface area contributed by atoms with Gasteiger partial charge in [-0.1, -0.05) is 31.2 Å². The van der Waals surface area contributed by atoms with E-state index in [9.17, 15) is 5.11 Å². The summed E-state index contributed by atoms with van der Waals surface area (Å²) in [6.07, 6.45) is 2.52. The number of aliphatic hydroxyl groups is 1. The second-order valence-electron chi connectivity index (χ2n) is 4.97. The van der Waals surface area contributed by atoms with Crippen LogP contribution in [0, 0.1) is 5.41 Å². The molecule has 1 N–H and O–H groups in total. The highest BCUT2D eigenvalue weighted by molar-refractivity contribution is 5.82. The zero-order valence-corrected chi connectivity index (χ0v) is 11.1. The molecule has 0 amide bonds. The van der Waals surface area contributed by atoms with Gasteiger partial charge in [0.25, 0.3) is 0 Å². The van der Waals surface area contributed by atoms with E-state index in [0.717, 1.165) is 17.8 Å². The standard InChI is InChI=1S/C15H20N2O/c1-4-15(3,11-18)10-13-12-8-6-7-9-14(12)17(5-2)16-13/h4,6-9,18H,1,5,10-11H2,2-3H3. The molecule has 0 spiro atoms. The lowest BCUT2D eigenvalue weighted by Crippen LogP contribution is -2.21. The fourth-order valence-corrected chi connectivity index (χ4v) is 2.14. The molecule has 18 heavy (non-hydrogen) atoms. The monoisotopic (exact) mass is 244 g/mol. The molecule has 1 unspecified atom stereocenters. The number of aryl methyl sites for hydroxylation is 1. The van der Waals surface area contributed by atoms with E-state index < -0.39 is 0 Å². The number of fused-ring (bicyclic) bond motifs is 1. The van der Waals surface area contributed by atoms with Crippen molar-refractivity contribution in [2.24, 2.45) is 5.41 Å². The Labute approximate surface area is 108 Å². The summed E-state index contributed by atoms with van der Waals surface area (Å²) in [5.74, 6) is 0. The molecule has 1 aromatic carbocycles. The van der Waals surface area contributed by atoms with Gasteiger partial charge in [-0.3, -0.25) is 4.68 Å². The van der Waals surface area contributed by atoms with E-state index in [1.807, 2.05) is 29.8 Å². The molecule has 0 aliphatic carbocycles. The van der Waals surface area contributed by atoms with E-state index in [1.165, 1.54) is 5.39 Å². The minimum atomic E-state index is -0.310. The zero-order valence-electron chi connectivity index (χ0n) is 11.1. The fourth-order valence-electron chi connectivity index (χ4n) is 2.14. The molecule has 0 aliphatic heterocycles. The predicted molar refractivity (Wildman–Crippen MR) is 74.5 cm³/mol. The summed E-state index contributed by atoms with van der Waals surface area (Å²) >= 11 is 0. The van der Waals surface area contributed by atoms with Crippen molar-refractivity contribution >= 4 is 10.9 Å². The maximum Gasteiger partial charge on any atom is 0.0712 e. The smallest absolute Gasteiger partial charge is 0.0712 e. The highest BCUT2D eigenvalue weighted by Crippen LogP contribution is 2.27. The van der Waals surface area contributed by atoms with Crippen LogP contribution in [0.3, 0.4) is 0 Å². The lowest BCUT2D eigenvalue weighted by Gasteiger charge is -2.21. The van der Waals surface area contributed by atoms with Crippen LogP contribution in [0.2, 0.25) is 0 Å². The Hall–Kier alpha value is -1.61. The van der Waals surface area contributed by atoms with Crippen molar-refractivity contribution < 1.29 is 5.11 Å². The molecule has 0 radical (unpaired) electrons. The van der Waals surface area contributed by atoms with Crippen LogP contribution in [-0.2, 0) is 13.0 Å². The topological polar surface area (TPSA) is 38.1 Å². The Bertz CT molecular complexity index is 559. The second-order valence-corrected chi connectivity index (χ2v) is 4.97. The molecule has 0 bridgehead atoms. The van der Waals surface area contributed by atoms with Gasteiger partial charge in [0.05, 0.1) is 17.8 Å². The van der Waals surface area contributed by atoms with Crippen LogP contribution in [0.1, 0.15) is 19.5 Å². The summed E-state index contributed by atoms with van der Waals surface area (Å²) in [5.41, 5.74) is 1.87. The van der Waals surface area contributed by atoms with Gasteiger partial charge in [-0.25, -0.2) is 0 Å². The van der Waals surface area contributed by atoms with E-state index in [1.54, 1.807) is 0 Å². The number of hydrogen-bond donors (Lipinski definition) is 1. The number of nitrogens with zero attached hydrogens (tertiary/aromatic N) is 2.